The van der Waals surface area contributed by atoms with E-state index in [0.717, 1.165) is 28.0 Å². The second-order valence-electron chi connectivity index (χ2n) is 15.8. The number of hydrogen-bond donors (Lipinski definition) is 0. The summed E-state index contributed by atoms with van der Waals surface area (Å²) in [5, 5.41) is 3.12. The first kappa shape index (κ1) is 55.1. The Morgan fingerprint density at radius 1 is 0.307 bits per heavy atom. The summed E-state index contributed by atoms with van der Waals surface area (Å²) in [6.07, 6.45) is -7.10. The van der Waals surface area contributed by atoms with E-state index in [0.29, 0.717) is 0 Å². The zero-order valence-electron chi connectivity index (χ0n) is 36.3. The molecule has 0 saturated heterocycles. The summed E-state index contributed by atoms with van der Waals surface area (Å²) in [6, 6.07) is 32.9. The predicted octanol–water partition coefficient (Wildman–Crippen LogP) is 11.0. The van der Waals surface area contributed by atoms with Crippen molar-refractivity contribution >= 4 is 57.0 Å². The first-order chi connectivity index (χ1) is 35.3. The molecule has 0 amide bonds. The quantitative estimate of drug-likeness (QED) is 0.0333. The van der Waals surface area contributed by atoms with Crippen LogP contribution in [0.25, 0.3) is 0 Å². The normalized spacial score (nSPS) is 11.7. The first-order valence-electron chi connectivity index (χ1n) is 20.6. The van der Waals surface area contributed by atoms with Crippen LogP contribution < -0.4 is 37.8 Å². The fourth-order valence-electron chi connectivity index (χ4n) is 8.66. The Hall–Kier alpha value is -7.62. The van der Waals surface area contributed by atoms with Gasteiger partial charge in [0.25, 0.3) is 0 Å². The Morgan fingerprint density at radius 3 is 0.760 bits per heavy atom. The van der Waals surface area contributed by atoms with Crippen LogP contribution in [0.15, 0.2) is 109 Å². The van der Waals surface area contributed by atoms with E-state index in [2.05, 4.69) is 0 Å². The van der Waals surface area contributed by atoms with Gasteiger partial charge in [0.05, 0.1) is 5.56 Å². The van der Waals surface area contributed by atoms with Crippen molar-refractivity contribution in [3.8, 4) is 0 Å². The average Bonchev–Trinajstić information content (AvgIpc) is 3.41. The van der Waals surface area contributed by atoms with Crippen molar-refractivity contribution < 1.29 is 101 Å². The van der Waals surface area contributed by atoms with Gasteiger partial charge in [-0.15, -0.1) is 21.9 Å². The SMILES string of the molecule is Fc1c(F)c(F)c([B-](c2c(F)c(F)c(F)c(F)c2F)(c2c(F)c(F)c(F)c(F)c2F)c2c(F)c(F)c(F)c(F)c2F)c(F)c1F.O=C(C[P+](c1ccccc1)(c1ccccc1)c1ccccc1)c1ccc(F)cc1F. The minimum atomic E-state index is -7.22. The molecule has 0 fully saturated rings. The summed E-state index contributed by atoms with van der Waals surface area (Å²) in [7, 11) is -2.42. The largest absolute Gasteiger partial charge is 0.290 e. The summed E-state index contributed by atoms with van der Waals surface area (Å²) in [4.78, 5) is 13.4. The molecule has 75 heavy (non-hydrogen) atoms. The average molecular weight is 1100 g/mol. The van der Waals surface area contributed by atoms with E-state index in [-0.39, 0.29) is 17.5 Å². The molecule has 0 aliphatic rings. The van der Waals surface area contributed by atoms with Gasteiger partial charge in [0.15, 0.2) is 69.8 Å². The summed E-state index contributed by atoms with van der Waals surface area (Å²) >= 11 is 0. The number of carbonyl (C=O) groups excluding carboxylic acids is 1. The molecule has 8 aromatic rings. The molecule has 0 saturated carbocycles. The highest BCUT2D eigenvalue weighted by Gasteiger charge is 2.53. The lowest BCUT2D eigenvalue weighted by Gasteiger charge is -2.44. The summed E-state index contributed by atoms with van der Waals surface area (Å²) < 4.78 is 322. The zero-order valence-corrected chi connectivity index (χ0v) is 37.2. The Morgan fingerprint density at radius 2 is 0.533 bits per heavy atom. The van der Waals surface area contributed by atoms with E-state index in [4.69, 9.17) is 0 Å². The van der Waals surface area contributed by atoms with Gasteiger partial charge >= 0.3 is 0 Å². The lowest BCUT2D eigenvalue weighted by atomic mass is 9.12. The third-order valence-electron chi connectivity index (χ3n) is 11.9. The van der Waals surface area contributed by atoms with Crippen molar-refractivity contribution in [3.63, 3.8) is 0 Å². The number of benzene rings is 8. The molecule has 8 rings (SSSR count). The van der Waals surface area contributed by atoms with Gasteiger partial charge in [0, 0.05) is 6.07 Å². The van der Waals surface area contributed by atoms with Crippen molar-refractivity contribution in [2.75, 3.05) is 6.16 Å². The van der Waals surface area contributed by atoms with Crippen molar-refractivity contribution in [2.24, 2.45) is 0 Å². The molecule has 0 N–H and O–H groups in total. The monoisotopic (exact) mass is 1100 g/mol. The van der Waals surface area contributed by atoms with E-state index in [1.165, 1.54) is 6.07 Å². The van der Waals surface area contributed by atoms with Gasteiger partial charge in [-0.3, -0.25) is 4.79 Å². The minimum absolute atomic E-state index is 0.0800. The summed E-state index contributed by atoms with van der Waals surface area (Å²) in [5.41, 5.74) is -14.4. The van der Waals surface area contributed by atoms with Gasteiger partial charge < -0.3 is 0 Å². The lowest BCUT2D eigenvalue weighted by Crippen LogP contribution is -2.81. The van der Waals surface area contributed by atoms with Gasteiger partial charge in [-0.1, -0.05) is 54.6 Å². The van der Waals surface area contributed by atoms with Crippen LogP contribution >= 0.6 is 7.26 Å². The molecule has 0 aliphatic carbocycles. The van der Waals surface area contributed by atoms with Crippen LogP contribution in [0.1, 0.15) is 10.4 Å². The number of rotatable bonds is 10. The molecule has 1 nitrogen and oxygen atoms in total. The van der Waals surface area contributed by atoms with Gasteiger partial charge in [-0.25, -0.2) is 96.6 Å². The second-order valence-corrected chi connectivity index (χ2v) is 19.3. The molecule has 0 unspecified atom stereocenters. The van der Waals surface area contributed by atoms with Gasteiger partial charge in [0.1, 0.15) is 93.7 Å². The van der Waals surface area contributed by atoms with E-state index >= 15 is 35.1 Å². The smallest absolute Gasteiger partial charge is 0.204 e. The fourth-order valence-corrected chi connectivity index (χ4v) is 12.7. The molecule has 0 spiro atoms. The standard InChI is InChI=1S/C26H20F2OP.C24BF20/c27-20-16-17-24(25(28)18-20)26(29)19-30(21-10-4-1-5-11-21,22-12-6-2-7-13-22)23-14-8-3-9-15-23;26-5-1(6(27)14(35)21(42)13(5)34)25(2-7(28)15(36)22(43)16(37)8(2)29,3-9(30)17(38)23(44)18(39)10(3)31)4-11(32)19(40)24(45)20(41)12(4)33/h1-18H,19H2;/q+1;-1. The van der Waals surface area contributed by atoms with E-state index in [1.54, 1.807) is 0 Å². The highest BCUT2D eigenvalue weighted by Crippen LogP contribution is 2.55. The van der Waals surface area contributed by atoms with Crippen LogP contribution in [-0.2, 0) is 0 Å². The van der Waals surface area contributed by atoms with Crippen LogP contribution in [0.5, 0.6) is 0 Å². The van der Waals surface area contributed by atoms with E-state index in [9.17, 15) is 66.3 Å². The molecular weight excluding hydrogens is 1080 g/mol. The fraction of sp³-hybridized carbons (Fsp3) is 0.0200. The highest BCUT2D eigenvalue weighted by atomic mass is 31.2. The van der Waals surface area contributed by atoms with Crippen LogP contribution in [0.2, 0.25) is 0 Å². The molecule has 0 atom stereocenters. The Bertz CT molecular complexity index is 3090. The van der Waals surface area contributed by atoms with Gasteiger partial charge in [-0.2, -0.15) is 0 Å². The van der Waals surface area contributed by atoms with Crippen molar-refractivity contribution in [3.05, 3.63) is 243 Å². The Labute approximate surface area is 406 Å². The third-order valence-corrected chi connectivity index (χ3v) is 16.2. The molecule has 25 heteroatoms. The van der Waals surface area contributed by atoms with Crippen molar-refractivity contribution in [1.82, 2.24) is 0 Å². The van der Waals surface area contributed by atoms with Gasteiger partial charge in [-0.05, 0) is 48.5 Å². The van der Waals surface area contributed by atoms with Crippen molar-refractivity contribution in [1.29, 1.82) is 0 Å². The Balaban J connectivity index is 0.000000236. The van der Waals surface area contributed by atoms with E-state index in [1.807, 2.05) is 91.0 Å². The topological polar surface area (TPSA) is 17.1 Å². The third kappa shape index (κ3) is 8.85. The summed E-state index contributed by atoms with van der Waals surface area (Å²) in [5.74, 6) is -73.3. The molecule has 0 bridgehead atoms. The number of Topliss-reactive ketones (excluding diaryl/α,β-unsaturated/α-hetero) is 1. The number of carbonyl (C=O) groups is 1. The highest BCUT2D eigenvalue weighted by molar-refractivity contribution is 7.96. The van der Waals surface area contributed by atoms with Gasteiger partial charge in [0.2, 0.25) is 5.78 Å². The summed E-state index contributed by atoms with van der Waals surface area (Å²) in [6.45, 7) is 0. The molecule has 0 heterocycles. The second kappa shape index (κ2) is 21.0. The van der Waals surface area contributed by atoms with Crippen LogP contribution in [-0.4, -0.2) is 18.1 Å². The molecule has 0 aliphatic heterocycles. The number of hydrogen-bond acceptors (Lipinski definition) is 1. The maximum atomic E-state index is 15.4. The van der Waals surface area contributed by atoms with Crippen LogP contribution in [0, 0.1) is 128 Å². The first-order valence-corrected chi connectivity index (χ1v) is 22.6. The zero-order chi connectivity index (χ0) is 55.3. The Kier molecular flexibility index (Phi) is 15.4. The maximum absolute atomic E-state index is 15.4. The van der Waals surface area contributed by atoms with Crippen LogP contribution in [0.3, 0.4) is 0 Å². The van der Waals surface area contributed by atoms with Crippen LogP contribution in [0.4, 0.5) is 96.6 Å². The molecule has 0 aromatic heterocycles. The van der Waals surface area contributed by atoms with E-state index < -0.39 is 163 Å². The number of halogens is 22. The predicted molar refractivity (Wildman–Crippen MR) is 230 cm³/mol. The maximum Gasteiger partial charge on any atom is 0.204 e. The number of ketones is 1. The lowest BCUT2D eigenvalue weighted by molar-refractivity contribution is 0.101. The van der Waals surface area contributed by atoms with Crippen molar-refractivity contribution in [2.45, 2.75) is 0 Å². The molecule has 388 valence electrons. The molecular formula is C50H20BF22OP. The molecule has 0 radical (unpaired) electrons. The molecule has 8 aromatic carbocycles. The minimum Gasteiger partial charge on any atom is -0.290 e.